The predicted octanol–water partition coefficient (Wildman–Crippen LogP) is 0.629. The molecule has 0 saturated heterocycles. The molecular formula is C9H7BFNO2S. The molecule has 2 N–H and O–H groups in total. The summed E-state index contributed by atoms with van der Waals surface area (Å²) in [5, 5.41) is 19.5. The molecule has 0 unspecified atom stereocenters. The van der Waals surface area contributed by atoms with Crippen molar-refractivity contribution < 1.29 is 14.4 Å². The van der Waals surface area contributed by atoms with Gasteiger partial charge in [-0.25, -0.2) is 9.37 Å². The summed E-state index contributed by atoms with van der Waals surface area (Å²) in [6.07, 6.45) is 0. The van der Waals surface area contributed by atoms with Crippen LogP contribution in [0.3, 0.4) is 0 Å². The highest BCUT2D eigenvalue weighted by Crippen LogP contribution is 2.18. The monoisotopic (exact) mass is 223 g/mol. The Morgan fingerprint density at radius 3 is 2.67 bits per heavy atom. The van der Waals surface area contributed by atoms with Crippen LogP contribution in [-0.4, -0.2) is 22.2 Å². The van der Waals surface area contributed by atoms with Crippen molar-refractivity contribution in [2.45, 2.75) is 0 Å². The molecule has 0 bridgehead atoms. The Morgan fingerprint density at radius 2 is 2.13 bits per heavy atom. The molecule has 0 atom stereocenters. The van der Waals surface area contributed by atoms with Gasteiger partial charge in [0.15, 0.2) is 0 Å². The summed E-state index contributed by atoms with van der Waals surface area (Å²) in [5.74, 6) is -0.643. The topological polar surface area (TPSA) is 53.4 Å². The van der Waals surface area contributed by atoms with Crippen LogP contribution in [0.2, 0.25) is 0 Å². The second-order valence-corrected chi connectivity index (χ2v) is 3.70. The van der Waals surface area contributed by atoms with Crippen LogP contribution in [0.4, 0.5) is 4.39 Å². The molecule has 0 aliphatic carbocycles. The van der Waals surface area contributed by atoms with E-state index in [1.54, 1.807) is 17.0 Å². The number of rotatable bonds is 2. The summed E-state index contributed by atoms with van der Waals surface area (Å²) in [7, 11) is -1.78. The van der Waals surface area contributed by atoms with E-state index in [1.165, 1.54) is 23.5 Å². The summed E-state index contributed by atoms with van der Waals surface area (Å²) >= 11 is 1.42. The van der Waals surface area contributed by atoms with Crippen molar-refractivity contribution in [2.24, 2.45) is 0 Å². The first-order chi connectivity index (χ1) is 7.18. The Morgan fingerprint density at radius 1 is 1.33 bits per heavy atom. The number of hydrogen-bond donors (Lipinski definition) is 2. The first-order valence-corrected chi connectivity index (χ1v) is 5.17. The van der Waals surface area contributed by atoms with Gasteiger partial charge in [0, 0.05) is 16.4 Å². The van der Waals surface area contributed by atoms with Crippen LogP contribution in [-0.2, 0) is 0 Å². The van der Waals surface area contributed by atoms with Crippen LogP contribution in [0.1, 0.15) is 0 Å². The summed E-state index contributed by atoms with van der Waals surface area (Å²) in [5.41, 5.74) is 2.83. The Kier molecular flexibility index (Phi) is 2.81. The van der Waals surface area contributed by atoms with Crippen LogP contribution in [0.25, 0.3) is 11.3 Å². The highest BCUT2D eigenvalue weighted by atomic mass is 32.1. The van der Waals surface area contributed by atoms with E-state index in [9.17, 15) is 4.39 Å². The minimum atomic E-state index is -1.78. The largest absolute Gasteiger partial charge is 0.491 e. The van der Waals surface area contributed by atoms with E-state index in [4.69, 9.17) is 10.0 Å². The number of hydrogen-bond acceptors (Lipinski definition) is 4. The van der Waals surface area contributed by atoms with E-state index in [1.807, 2.05) is 0 Å². The van der Waals surface area contributed by atoms with Gasteiger partial charge < -0.3 is 10.0 Å². The van der Waals surface area contributed by atoms with E-state index in [2.05, 4.69) is 4.98 Å². The third-order valence-electron chi connectivity index (χ3n) is 2.01. The van der Waals surface area contributed by atoms with Crippen LogP contribution in [0.15, 0.2) is 29.1 Å². The van der Waals surface area contributed by atoms with E-state index in [0.717, 1.165) is 0 Å². The fourth-order valence-electron chi connectivity index (χ4n) is 1.25. The third-order valence-corrected chi connectivity index (χ3v) is 2.59. The van der Waals surface area contributed by atoms with Gasteiger partial charge in [-0.05, 0) is 6.07 Å². The maximum absolute atomic E-state index is 13.3. The van der Waals surface area contributed by atoms with E-state index in [0.29, 0.717) is 11.3 Å². The van der Waals surface area contributed by atoms with Crippen molar-refractivity contribution in [1.82, 2.24) is 4.98 Å². The fourth-order valence-corrected chi connectivity index (χ4v) is 1.81. The summed E-state index contributed by atoms with van der Waals surface area (Å²) < 4.78 is 13.3. The molecule has 2 aromatic rings. The van der Waals surface area contributed by atoms with Gasteiger partial charge in [0.2, 0.25) is 0 Å². The zero-order valence-corrected chi connectivity index (χ0v) is 8.41. The molecular weight excluding hydrogens is 216 g/mol. The SMILES string of the molecule is OB(O)c1ccc(-c2cscn2)cc1F. The van der Waals surface area contributed by atoms with Gasteiger partial charge in [0.25, 0.3) is 0 Å². The van der Waals surface area contributed by atoms with Crippen molar-refractivity contribution in [2.75, 3.05) is 0 Å². The Balaban J connectivity index is 2.42. The fraction of sp³-hybridized carbons (Fsp3) is 0. The highest BCUT2D eigenvalue weighted by Gasteiger charge is 2.16. The number of thiazole rings is 1. The Bertz CT molecular complexity index is 461. The van der Waals surface area contributed by atoms with Crippen molar-refractivity contribution >= 4 is 23.9 Å². The molecule has 0 aliphatic rings. The maximum atomic E-state index is 13.3. The van der Waals surface area contributed by atoms with Crippen molar-refractivity contribution in [1.29, 1.82) is 0 Å². The molecule has 1 heterocycles. The van der Waals surface area contributed by atoms with Crippen LogP contribution in [0.5, 0.6) is 0 Å². The van der Waals surface area contributed by atoms with Crippen LogP contribution >= 0.6 is 11.3 Å². The molecule has 0 aliphatic heterocycles. The Hall–Kier alpha value is -1.24. The van der Waals surface area contributed by atoms with Gasteiger partial charge in [0.05, 0.1) is 11.2 Å². The summed E-state index contributed by atoms with van der Waals surface area (Å²) in [6.45, 7) is 0. The molecule has 0 radical (unpaired) electrons. The highest BCUT2D eigenvalue weighted by molar-refractivity contribution is 7.07. The second kappa shape index (κ2) is 4.10. The summed E-state index contributed by atoms with van der Waals surface area (Å²) in [6, 6.07) is 4.19. The van der Waals surface area contributed by atoms with Crippen molar-refractivity contribution in [3.8, 4) is 11.3 Å². The van der Waals surface area contributed by atoms with E-state index in [-0.39, 0.29) is 5.46 Å². The molecule has 0 saturated carbocycles. The van der Waals surface area contributed by atoms with Gasteiger partial charge in [0.1, 0.15) is 5.82 Å². The summed E-state index contributed by atoms with van der Waals surface area (Å²) in [4.78, 5) is 4.03. The number of benzene rings is 1. The number of nitrogens with zero attached hydrogens (tertiary/aromatic N) is 1. The van der Waals surface area contributed by atoms with Crippen LogP contribution in [0, 0.1) is 5.82 Å². The zero-order valence-electron chi connectivity index (χ0n) is 7.59. The standard InChI is InChI=1S/C9H7BFNO2S/c11-8-3-6(9-4-15-5-12-9)1-2-7(8)10(13)14/h1-5,13-14H. The average Bonchev–Trinajstić information content (AvgIpc) is 2.69. The zero-order chi connectivity index (χ0) is 10.8. The molecule has 0 spiro atoms. The molecule has 6 heteroatoms. The molecule has 15 heavy (non-hydrogen) atoms. The molecule has 2 rings (SSSR count). The molecule has 0 amide bonds. The lowest BCUT2D eigenvalue weighted by Crippen LogP contribution is -2.32. The molecule has 76 valence electrons. The molecule has 0 fully saturated rings. The second-order valence-electron chi connectivity index (χ2n) is 2.98. The quantitative estimate of drug-likeness (QED) is 0.734. The lowest BCUT2D eigenvalue weighted by atomic mass is 9.79. The predicted molar refractivity (Wildman–Crippen MR) is 57.3 cm³/mol. The van der Waals surface area contributed by atoms with E-state index < -0.39 is 12.9 Å². The smallest absolute Gasteiger partial charge is 0.423 e. The maximum Gasteiger partial charge on any atom is 0.491 e. The molecule has 3 nitrogen and oxygen atoms in total. The van der Waals surface area contributed by atoms with Crippen molar-refractivity contribution in [3.63, 3.8) is 0 Å². The first-order valence-electron chi connectivity index (χ1n) is 4.22. The number of halogens is 1. The lowest BCUT2D eigenvalue weighted by molar-refractivity contribution is 0.423. The van der Waals surface area contributed by atoms with Gasteiger partial charge in [-0.15, -0.1) is 11.3 Å². The minimum absolute atomic E-state index is 0.131. The van der Waals surface area contributed by atoms with Gasteiger partial charge >= 0.3 is 7.12 Å². The van der Waals surface area contributed by atoms with Crippen LogP contribution < -0.4 is 5.46 Å². The number of aromatic nitrogens is 1. The normalized spacial score (nSPS) is 10.3. The van der Waals surface area contributed by atoms with Gasteiger partial charge in [-0.1, -0.05) is 12.1 Å². The molecule has 1 aromatic heterocycles. The third kappa shape index (κ3) is 2.06. The van der Waals surface area contributed by atoms with E-state index >= 15 is 0 Å². The van der Waals surface area contributed by atoms with Crippen molar-refractivity contribution in [3.05, 3.63) is 34.9 Å². The Labute approximate surface area is 90.0 Å². The minimum Gasteiger partial charge on any atom is -0.423 e. The van der Waals surface area contributed by atoms with Gasteiger partial charge in [-0.2, -0.15) is 0 Å². The first kappa shape index (κ1) is 10.3. The van der Waals surface area contributed by atoms with Gasteiger partial charge in [-0.3, -0.25) is 0 Å². The average molecular weight is 223 g/mol. The molecule has 1 aromatic carbocycles. The lowest BCUT2D eigenvalue weighted by Gasteiger charge is -2.03.